The SMILES string of the molecule is O=S(=O)([O-])c1cccc(CO)c1.[K+]. The minimum atomic E-state index is -4.40. The summed E-state index contributed by atoms with van der Waals surface area (Å²) in [5.74, 6) is 0. The van der Waals surface area contributed by atoms with E-state index < -0.39 is 10.1 Å². The molecular formula is C7H7KO4S. The standard InChI is InChI=1S/C7H8O4S.K/c8-5-6-2-1-3-7(4-6)12(9,10)11;/h1-4,8H,5H2,(H,9,10,11);/q;+1/p-1. The molecule has 1 rings (SSSR count). The molecule has 0 unspecified atom stereocenters. The van der Waals surface area contributed by atoms with Gasteiger partial charge in [0.2, 0.25) is 0 Å². The molecule has 6 heteroatoms. The number of rotatable bonds is 2. The van der Waals surface area contributed by atoms with Crippen molar-refractivity contribution in [2.45, 2.75) is 11.5 Å². The van der Waals surface area contributed by atoms with Crippen molar-refractivity contribution in [2.75, 3.05) is 0 Å². The van der Waals surface area contributed by atoms with Gasteiger partial charge in [0.25, 0.3) is 0 Å². The third-order valence-electron chi connectivity index (χ3n) is 1.37. The molecular weight excluding hydrogens is 219 g/mol. The van der Waals surface area contributed by atoms with Crippen LogP contribution in [0.2, 0.25) is 0 Å². The largest absolute Gasteiger partial charge is 1.00 e. The van der Waals surface area contributed by atoms with Gasteiger partial charge in [-0.25, -0.2) is 8.42 Å². The molecule has 1 aromatic carbocycles. The first-order chi connectivity index (χ1) is 5.54. The maximum Gasteiger partial charge on any atom is 1.00 e. The summed E-state index contributed by atoms with van der Waals surface area (Å²) in [5, 5.41) is 8.63. The zero-order chi connectivity index (χ0) is 9.19. The van der Waals surface area contributed by atoms with Gasteiger partial charge in [0.15, 0.2) is 0 Å². The molecule has 0 heterocycles. The first kappa shape index (κ1) is 13.7. The fraction of sp³-hybridized carbons (Fsp3) is 0.143. The predicted octanol–water partition coefficient (Wildman–Crippen LogP) is -2.91. The van der Waals surface area contributed by atoms with E-state index in [0.29, 0.717) is 5.56 Å². The molecule has 0 saturated heterocycles. The molecule has 1 N–H and O–H groups in total. The third kappa shape index (κ3) is 4.18. The molecule has 0 amide bonds. The molecule has 0 aliphatic rings. The van der Waals surface area contributed by atoms with Crippen LogP contribution in [0.25, 0.3) is 0 Å². The fourth-order valence-corrected chi connectivity index (χ4v) is 1.34. The minimum absolute atomic E-state index is 0. The maximum atomic E-state index is 10.5. The van der Waals surface area contributed by atoms with E-state index in [1.165, 1.54) is 18.2 Å². The zero-order valence-corrected chi connectivity index (χ0v) is 11.0. The van der Waals surface area contributed by atoms with E-state index in [0.717, 1.165) is 6.07 Å². The van der Waals surface area contributed by atoms with Gasteiger partial charge in [0.1, 0.15) is 10.1 Å². The van der Waals surface area contributed by atoms with Gasteiger partial charge in [0.05, 0.1) is 11.5 Å². The summed E-state index contributed by atoms with van der Waals surface area (Å²) < 4.78 is 31.4. The number of aliphatic hydroxyl groups excluding tert-OH is 1. The summed E-state index contributed by atoms with van der Waals surface area (Å²) in [6.45, 7) is -0.274. The molecule has 0 aliphatic heterocycles. The number of benzene rings is 1. The van der Waals surface area contributed by atoms with Gasteiger partial charge >= 0.3 is 51.4 Å². The Morgan fingerprint density at radius 3 is 2.46 bits per heavy atom. The second kappa shape index (κ2) is 5.57. The zero-order valence-electron chi connectivity index (χ0n) is 7.10. The average molecular weight is 226 g/mol. The molecule has 13 heavy (non-hydrogen) atoms. The molecule has 0 radical (unpaired) electrons. The quantitative estimate of drug-likeness (QED) is 0.433. The van der Waals surface area contributed by atoms with Gasteiger partial charge in [-0.1, -0.05) is 12.1 Å². The molecule has 1 aromatic rings. The van der Waals surface area contributed by atoms with E-state index in [9.17, 15) is 13.0 Å². The van der Waals surface area contributed by atoms with Crippen molar-refractivity contribution in [1.82, 2.24) is 0 Å². The van der Waals surface area contributed by atoms with Gasteiger partial charge in [-0.2, -0.15) is 0 Å². The van der Waals surface area contributed by atoms with E-state index in [-0.39, 0.29) is 62.9 Å². The van der Waals surface area contributed by atoms with E-state index in [1.54, 1.807) is 0 Å². The van der Waals surface area contributed by atoms with Crippen molar-refractivity contribution in [3.8, 4) is 0 Å². The van der Waals surface area contributed by atoms with Crippen molar-refractivity contribution in [1.29, 1.82) is 0 Å². The Balaban J connectivity index is 0.00000144. The van der Waals surface area contributed by atoms with Crippen molar-refractivity contribution >= 4 is 10.1 Å². The average Bonchev–Trinajstić information content (AvgIpc) is 2.03. The second-order valence-corrected chi connectivity index (χ2v) is 3.64. The van der Waals surface area contributed by atoms with Crippen LogP contribution in [0.4, 0.5) is 0 Å². The number of hydrogen-bond acceptors (Lipinski definition) is 4. The minimum Gasteiger partial charge on any atom is -0.744 e. The van der Waals surface area contributed by atoms with Gasteiger partial charge < -0.3 is 9.66 Å². The summed E-state index contributed by atoms with van der Waals surface area (Å²) in [6.07, 6.45) is 0. The molecule has 0 spiro atoms. The van der Waals surface area contributed by atoms with Crippen LogP contribution in [0, 0.1) is 0 Å². The van der Waals surface area contributed by atoms with E-state index in [2.05, 4.69) is 0 Å². The smallest absolute Gasteiger partial charge is 0.744 e. The molecule has 0 bridgehead atoms. The Kier molecular flexibility index (Phi) is 5.88. The Morgan fingerprint density at radius 2 is 2.00 bits per heavy atom. The summed E-state index contributed by atoms with van der Waals surface area (Å²) in [6, 6.07) is 5.30. The van der Waals surface area contributed by atoms with Crippen molar-refractivity contribution in [3.63, 3.8) is 0 Å². The molecule has 66 valence electrons. The normalized spacial score (nSPS) is 10.6. The van der Waals surface area contributed by atoms with Gasteiger partial charge in [0, 0.05) is 0 Å². The second-order valence-electron chi connectivity index (χ2n) is 2.26. The summed E-state index contributed by atoms with van der Waals surface area (Å²) >= 11 is 0. The van der Waals surface area contributed by atoms with Gasteiger partial charge in [-0.05, 0) is 17.7 Å². The van der Waals surface area contributed by atoms with Crippen molar-refractivity contribution < 1.29 is 69.5 Å². The fourth-order valence-electron chi connectivity index (χ4n) is 0.799. The Hall–Kier alpha value is 0.726. The topological polar surface area (TPSA) is 77.4 Å². The van der Waals surface area contributed by atoms with Crippen LogP contribution in [0.3, 0.4) is 0 Å². The number of hydrogen-bond donors (Lipinski definition) is 1. The summed E-state index contributed by atoms with van der Waals surface area (Å²) in [5.41, 5.74) is 0.409. The van der Waals surface area contributed by atoms with Crippen LogP contribution in [0.15, 0.2) is 29.2 Å². The molecule has 0 aliphatic carbocycles. The predicted molar refractivity (Wildman–Crippen MR) is 40.3 cm³/mol. The monoisotopic (exact) mass is 226 g/mol. The molecule has 0 saturated carbocycles. The Bertz CT molecular complexity index is 374. The third-order valence-corrected chi connectivity index (χ3v) is 2.20. The molecule has 0 aromatic heterocycles. The summed E-state index contributed by atoms with van der Waals surface area (Å²) in [4.78, 5) is -0.311. The molecule has 0 atom stereocenters. The number of aliphatic hydroxyl groups is 1. The van der Waals surface area contributed by atoms with E-state index >= 15 is 0 Å². The van der Waals surface area contributed by atoms with E-state index in [4.69, 9.17) is 5.11 Å². The van der Waals surface area contributed by atoms with E-state index in [1.807, 2.05) is 0 Å². The van der Waals surface area contributed by atoms with Crippen molar-refractivity contribution in [3.05, 3.63) is 29.8 Å². The molecule has 0 fully saturated rings. The summed E-state index contributed by atoms with van der Waals surface area (Å²) in [7, 11) is -4.40. The first-order valence-corrected chi connectivity index (χ1v) is 4.60. The Morgan fingerprint density at radius 1 is 1.38 bits per heavy atom. The maximum absolute atomic E-state index is 10.5. The Labute approximate surface area is 119 Å². The van der Waals surface area contributed by atoms with Crippen LogP contribution >= 0.6 is 0 Å². The van der Waals surface area contributed by atoms with Crippen molar-refractivity contribution in [2.24, 2.45) is 0 Å². The van der Waals surface area contributed by atoms with Gasteiger partial charge in [-0.15, -0.1) is 0 Å². The molecule has 4 nitrogen and oxygen atoms in total. The van der Waals surface area contributed by atoms with Crippen LogP contribution in [0.1, 0.15) is 5.56 Å². The van der Waals surface area contributed by atoms with Gasteiger partial charge in [-0.3, -0.25) is 0 Å². The van der Waals surface area contributed by atoms with Crippen LogP contribution in [-0.4, -0.2) is 18.1 Å². The van der Waals surface area contributed by atoms with Crippen LogP contribution in [0.5, 0.6) is 0 Å². The van der Waals surface area contributed by atoms with Crippen LogP contribution < -0.4 is 51.4 Å². The first-order valence-electron chi connectivity index (χ1n) is 3.20. The van der Waals surface area contributed by atoms with Crippen LogP contribution in [-0.2, 0) is 16.7 Å².